The molecule has 1 aromatic heterocycles. The minimum Gasteiger partial charge on any atom is -0.508 e. The van der Waals surface area contributed by atoms with Crippen LogP contribution in [-0.4, -0.2) is 67.6 Å². The second-order valence-electron chi connectivity index (χ2n) is 7.89. The molecule has 11 heteroatoms. The van der Waals surface area contributed by atoms with E-state index in [9.17, 15) is 40.2 Å². The van der Waals surface area contributed by atoms with Crippen molar-refractivity contribution in [1.29, 1.82) is 0 Å². The maximum absolute atomic E-state index is 12.9. The third-order valence-electron chi connectivity index (χ3n) is 5.60. The zero-order valence-corrected chi connectivity index (χ0v) is 17.8. The van der Waals surface area contributed by atoms with Crippen LogP contribution in [0.15, 0.2) is 45.6 Å². The molecule has 2 heterocycles. The molecule has 2 aromatic carbocycles. The molecule has 0 spiro atoms. The molecule has 0 amide bonds. The molecule has 0 bridgehead atoms. The highest BCUT2D eigenvalue weighted by molar-refractivity contribution is 5.89. The van der Waals surface area contributed by atoms with Crippen molar-refractivity contribution in [2.45, 2.75) is 37.4 Å². The van der Waals surface area contributed by atoms with E-state index in [2.05, 4.69) is 0 Å². The quantitative estimate of drug-likeness (QED) is 0.292. The van der Waals surface area contributed by atoms with E-state index >= 15 is 0 Å². The van der Waals surface area contributed by atoms with Crippen molar-refractivity contribution in [3.05, 3.63) is 52.2 Å². The number of aliphatic hydroxyl groups excluding tert-OH is 3. The van der Waals surface area contributed by atoms with E-state index in [1.54, 1.807) is 0 Å². The molecule has 11 nitrogen and oxygen atoms in total. The van der Waals surface area contributed by atoms with Gasteiger partial charge in [0.1, 0.15) is 52.8 Å². The molecule has 6 N–H and O–H groups in total. The van der Waals surface area contributed by atoms with Crippen LogP contribution in [0.2, 0.25) is 0 Å². The number of ether oxygens (including phenoxy) is 2. The molecule has 180 valence electrons. The van der Waals surface area contributed by atoms with Crippen LogP contribution >= 0.6 is 0 Å². The molecular formula is C23H22O11. The van der Waals surface area contributed by atoms with Gasteiger partial charge in [0.2, 0.25) is 0 Å². The van der Waals surface area contributed by atoms with Gasteiger partial charge in [-0.2, -0.15) is 0 Å². The standard InChI is InChI=1S/C23H22O11/c1-9(25)32-23-19(30)16(8-24)34-22(20(23)31)18-13(28)6-12(27)17-14(29)7-15(33-21(17)18)10-2-4-11(26)5-3-10/h2-7,16,19-20,22-24,26-28,30-31H,8H2,1H3/t16?,19-,20?,22+,23+/m1/s1. The molecule has 0 radical (unpaired) electrons. The minimum atomic E-state index is -1.75. The second kappa shape index (κ2) is 8.95. The Morgan fingerprint density at radius 2 is 1.71 bits per heavy atom. The van der Waals surface area contributed by atoms with Gasteiger partial charge in [0.05, 0.1) is 12.2 Å². The Morgan fingerprint density at radius 1 is 1.03 bits per heavy atom. The topological polar surface area (TPSA) is 187 Å². The van der Waals surface area contributed by atoms with Crippen molar-refractivity contribution in [3.8, 4) is 28.6 Å². The Bertz CT molecular complexity index is 1280. The van der Waals surface area contributed by atoms with E-state index < -0.39 is 60.0 Å². The lowest BCUT2D eigenvalue weighted by atomic mass is 9.89. The average Bonchev–Trinajstić information content (AvgIpc) is 2.77. The fourth-order valence-corrected chi connectivity index (χ4v) is 4.02. The van der Waals surface area contributed by atoms with Crippen molar-refractivity contribution < 1.29 is 49.3 Å². The summed E-state index contributed by atoms with van der Waals surface area (Å²) in [5, 5.41) is 61.1. The summed E-state index contributed by atoms with van der Waals surface area (Å²) in [7, 11) is 0. The van der Waals surface area contributed by atoms with Crippen molar-refractivity contribution in [3.63, 3.8) is 0 Å². The summed E-state index contributed by atoms with van der Waals surface area (Å²) in [6.45, 7) is 0.343. The second-order valence-corrected chi connectivity index (χ2v) is 7.89. The maximum Gasteiger partial charge on any atom is 0.303 e. The van der Waals surface area contributed by atoms with Crippen molar-refractivity contribution in [2.75, 3.05) is 6.61 Å². The van der Waals surface area contributed by atoms with Gasteiger partial charge in [0.25, 0.3) is 0 Å². The Balaban J connectivity index is 1.94. The van der Waals surface area contributed by atoms with E-state index in [-0.39, 0.29) is 28.0 Å². The third kappa shape index (κ3) is 4.05. The molecular weight excluding hydrogens is 452 g/mol. The van der Waals surface area contributed by atoms with Crippen LogP contribution in [0.4, 0.5) is 0 Å². The zero-order chi connectivity index (χ0) is 24.7. The monoisotopic (exact) mass is 474 g/mol. The predicted molar refractivity (Wildman–Crippen MR) is 115 cm³/mol. The highest BCUT2D eigenvalue weighted by atomic mass is 16.6. The number of rotatable bonds is 4. The lowest BCUT2D eigenvalue weighted by Crippen LogP contribution is -2.56. The minimum absolute atomic E-state index is 0.0179. The fraction of sp³-hybridized carbons (Fsp3) is 0.304. The van der Waals surface area contributed by atoms with Crippen molar-refractivity contribution in [2.24, 2.45) is 0 Å². The first kappa shape index (κ1) is 23.5. The van der Waals surface area contributed by atoms with Gasteiger partial charge in [-0.1, -0.05) is 0 Å². The molecule has 1 fully saturated rings. The number of aliphatic hydroxyl groups is 3. The molecule has 5 atom stereocenters. The summed E-state index contributed by atoms with van der Waals surface area (Å²) >= 11 is 0. The lowest BCUT2D eigenvalue weighted by Gasteiger charge is -2.41. The van der Waals surface area contributed by atoms with E-state index in [0.717, 1.165) is 19.1 Å². The largest absolute Gasteiger partial charge is 0.508 e. The number of hydrogen-bond acceptors (Lipinski definition) is 11. The number of phenolic OH excluding ortho intramolecular Hbond substituents is 3. The number of fused-ring (bicyclic) bond motifs is 1. The van der Waals surface area contributed by atoms with Gasteiger partial charge >= 0.3 is 5.97 Å². The van der Waals surface area contributed by atoms with Gasteiger partial charge < -0.3 is 44.5 Å². The fourth-order valence-electron chi connectivity index (χ4n) is 4.02. The smallest absolute Gasteiger partial charge is 0.303 e. The number of aromatic hydroxyl groups is 3. The molecule has 2 unspecified atom stereocenters. The zero-order valence-electron chi connectivity index (χ0n) is 17.8. The highest BCUT2D eigenvalue weighted by Gasteiger charge is 2.48. The normalized spacial score (nSPS) is 24.8. The number of phenols is 3. The number of esters is 1. The average molecular weight is 474 g/mol. The van der Waals surface area contributed by atoms with Gasteiger partial charge in [-0.05, 0) is 24.3 Å². The summed E-state index contributed by atoms with van der Waals surface area (Å²) in [6.07, 6.45) is -7.74. The Labute approximate surface area is 191 Å². The first-order chi connectivity index (χ1) is 16.1. The van der Waals surface area contributed by atoms with E-state index in [1.807, 2.05) is 0 Å². The van der Waals surface area contributed by atoms with Gasteiger partial charge in [-0.25, -0.2) is 0 Å². The predicted octanol–water partition coefficient (Wildman–Crippen LogP) is 0.662. The SMILES string of the molecule is CC(=O)O[C@@H]1C(O)[C@H](c2c(O)cc(O)c3c(=O)cc(-c4ccc(O)cc4)oc23)OC(CO)[C@H]1O. The van der Waals surface area contributed by atoms with Crippen molar-refractivity contribution in [1.82, 2.24) is 0 Å². The molecule has 1 saturated heterocycles. The van der Waals surface area contributed by atoms with Crippen LogP contribution in [0.25, 0.3) is 22.3 Å². The first-order valence-electron chi connectivity index (χ1n) is 10.2. The van der Waals surface area contributed by atoms with Gasteiger partial charge in [0.15, 0.2) is 17.1 Å². The van der Waals surface area contributed by atoms with E-state index in [0.29, 0.717) is 5.56 Å². The molecule has 1 aliphatic rings. The lowest BCUT2D eigenvalue weighted by molar-refractivity contribution is -0.240. The number of benzene rings is 2. The third-order valence-corrected chi connectivity index (χ3v) is 5.60. The van der Waals surface area contributed by atoms with Gasteiger partial charge in [-0.15, -0.1) is 0 Å². The van der Waals surface area contributed by atoms with Crippen molar-refractivity contribution >= 4 is 16.9 Å². The molecule has 34 heavy (non-hydrogen) atoms. The summed E-state index contributed by atoms with van der Waals surface area (Å²) < 4.78 is 16.5. The van der Waals surface area contributed by atoms with Gasteiger partial charge in [-0.3, -0.25) is 9.59 Å². The van der Waals surface area contributed by atoms with Crippen LogP contribution in [0.3, 0.4) is 0 Å². The summed E-state index contributed by atoms with van der Waals surface area (Å²) in [4.78, 5) is 24.4. The summed E-state index contributed by atoms with van der Waals surface area (Å²) in [6, 6.07) is 7.65. The molecule has 0 aliphatic carbocycles. The number of hydrogen-bond donors (Lipinski definition) is 6. The summed E-state index contributed by atoms with van der Waals surface area (Å²) in [5.41, 5.74) is -0.881. The first-order valence-corrected chi connectivity index (χ1v) is 10.2. The molecule has 1 aliphatic heterocycles. The van der Waals surface area contributed by atoms with E-state index in [4.69, 9.17) is 13.9 Å². The Morgan fingerprint density at radius 3 is 2.32 bits per heavy atom. The van der Waals surface area contributed by atoms with Crippen LogP contribution in [0, 0.1) is 0 Å². The molecule has 0 saturated carbocycles. The number of carbonyl (C=O) groups excluding carboxylic acids is 1. The van der Waals surface area contributed by atoms with Gasteiger partial charge in [0, 0.05) is 24.6 Å². The van der Waals surface area contributed by atoms with E-state index in [1.165, 1.54) is 24.3 Å². The van der Waals surface area contributed by atoms with Crippen LogP contribution < -0.4 is 5.43 Å². The Hall–Kier alpha value is -3.64. The molecule has 4 rings (SSSR count). The molecule has 3 aromatic rings. The Kier molecular flexibility index (Phi) is 6.19. The van der Waals surface area contributed by atoms with Crippen LogP contribution in [0.1, 0.15) is 18.6 Å². The summed E-state index contributed by atoms with van der Waals surface area (Å²) in [5.74, 6) is -2.03. The maximum atomic E-state index is 12.9. The highest BCUT2D eigenvalue weighted by Crippen LogP contribution is 2.44. The van der Waals surface area contributed by atoms with Crippen LogP contribution in [-0.2, 0) is 14.3 Å². The number of carbonyl (C=O) groups is 1. The van der Waals surface area contributed by atoms with Crippen LogP contribution in [0.5, 0.6) is 17.2 Å².